The smallest absolute Gasteiger partial charge is 0.261 e. The summed E-state index contributed by atoms with van der Waals surface area (Å²) in [5, 5.41) is 2.85. The molecule has 6 nitrogen and oxygen atoms in total. The Morgan fingerprint density at radius 3 is 2.81 bits per heavy atom. The van der Waals surface area contributed by atoms with Gasteiger partial charge in [0.1, 0.15) is 11.2 Å². The Balaban J connectivity index is 1.89. The van der Waals surface area contributed by atoms with Gasteiger partial charge in [0.25, 0.3) is 5.56 Å². The van der Waals surface area contributed by atoms with Crippen molar-refractivity contribution in [1.82, 2.24) is 14.9 Å². The first-order valence-corrected chi connectivity index (χ1v) is 10.0. The molecule has 0 bridgehead atoms. The lowest BCUT2D eigenvalue weighted by Crippen LogP contribution is -2.41. The summed E-state index contributed by atoms with van der Waals surface area (Å²) in [5.41, 5.74) is -1.83. The number of fused-ring (bicyclic) bond motifs is 1. The molecule has 1 unspecified atom stereocenters. The van der Waals surface area contributed by atoms with E-state index in [4.69, 9.17) is 23.2 Å². The molecule has 160 valence electrons. The molecule has 10 heteroatoms. The SMILES string of the molecule is C=CC(=O)N1CCC(Nc2ccc3nc[nH]c(=O)c3c2F)(c2c(F)ccc(Cl)c2Cl)C1. The third-order valence-corrected chi connectivity index (χ3v) is 6.20. The third kappa shape index (κ3) is 3.55. The molecule has 0 spiro atoms. The summed E-state index contributed by atoms with van der Waals surface area (Å²) >= 11 is 12.5. The van der Waals surface area contributed by atoms with Crippen LogP contribution in [-0.2, 0) is 10.3 Å². The van der Waals surface area contributed by atoms with E-state index in [1.54, 1.807) is 0 Å². The Morgan fingerprint density at radius 1 is 1.29 bits per heavy atom. The first-order valence-electron chi connectivity index (χ1n) is 9.27. The lowest BCUT2D eigenvalue weighted by Gasteiger charge is -2.33. The van der Waals surface area contributed by atoms with E-state index in [2.05, 4.69) is 21.9 Å². The normalized spacial score (nSPS) is 18.4. The first-order chi connectivity index (χ1) is 14.8. The standard InChI is InChI=1S/C21H16Cl2F2N4O2/c1-2-15(30)29-8-7-21(9-29,17-12(24)4-3-11(22)18(17)23)28-14-6-5-13-16(19(14)25)20(31)27-10-26-13/h2-6,10,28H,1,7-9H2,(H,26,27,31). The van der Waals surface area contributed by atoms with Crippen LogP contribution in [0.15, 0.2) is 48.0 Å². The van der Waals surface area contributed by atoms with Gasteiger partial charge in [-0.05, 0) is 36.8 Å². The number of hydrogen-bond acceptors (Lipinski definition) is 4. The highest BCUT2D eigenvalue weighted by Crippen LogP contribution is 2.43. The molecule has 1 fully saturated rings. The summed E-state index contributed by atoms with van der Waals surface area (Å²) in [5.74, 6) is -1.87. The summed E-state index contributed by atoms with van der Waals surface area (Å²) in [6, 6.07) is 5.36. The van der Waals surface area contributed by atoms with Gasteiger partial charge in [-0.15, -0.1) is 0 Å². The van der Waals surface area contributed by atoms with Crippen LogP contribution in [0.4, 0.5) is 14.5 Å². The van der Waals surface area contributed by atoms with Crippen LogP contribution < -0.4 is 10.9 Å². The molecule has 1 amide bonds. The van der Waals surface area contributed by atoms with Gasteiger partial charge < -0.3 is 15.2 Å². The monoisotopic (exact) mass is 464 g/mol. The van der Waals surface area contributed by atoms with Crippen LogP contribution in [0, 0.1) is 11.6 Å². The Hall–Kier alpha value is -2.97. The molecule has 1 saturated heterocycles. The van der Waals surface area contributed by atoms with Crippen molar-refractivity contribution in [2.45, 2.75) is 12.0 Å². The Morgan fingerprint density at radius 2 is 2.06 bits per heavy atom. The number of aromatic amines is 1. The van der Waals surface area contributed by atoms with Crippen molar-refractivity contribution in [3.63, 3.8) is 0 Å². The maximum Gasteiger partial charge on any atom is 0.261 e. The van der Waals surface area contributed by atoms with Gasteiger partial charge >= 0.3 is 0 Å². The third-order valence-electron chi connectivity index (χ3n) is 5.40. The summed E-state index contributed by atoms with van der Waals surface area (Å²) in [7, 11) is 0. The number of carbonyl (C=O) groups is 1. The van der Waals surface area contributed by atoms with Gasteiger partial charge in [0, 0.05) is 18.7 Å². The van der Waals surface area contributed by atoms with Gasteiger partial charge in [0.05, 0.1) is 33.1 Å². The van der Waals surface area contributed by atoms with Gasteiger partial charge in [-0.25, -0.2) is 13.8 Å². The van der Waals surface area contributed by atoms with E-state index in [9.17, 15) is 14.0 Å². The molecule has 1 aliphatic heterocycles. The highest BCUT2D eigenvalue weighted by molar-refractivity contribution is 6.42. The fourth-order valence-electron chi connectivity index (χ4n) is 3.94. The van der Waals surface area contributed by atoms with Crippen molar-refractivity contribution in [2.24, 2.45) is 0 Å². The van der Waals surface area contributed by atoms with Crippen molar-refractivity contribution in [2.75, 3.05) is 18.4 Å². The lowest BCUT2D eigenvalue weighted by atomic mass is 9.87. The zero-order chi connectivity index (χ0) is 22.3. The minimum absolute atomic E-state index is 0.0145. The molecule has 31 heavy (non-hydrogen) atoms. The number of nitrogens with one attached hydrogen (secondary N) is 2. The minimum atomic E-state index is -1.30. The zero-order valence-corrected chi connectivity index (χ0v) is 17.5. The summed E-state index contributed by atoms with van der Waals surface area (Å²) in [6.07, 6.45) is 2.54. The van der Waals surface area contributed by atoms with E-state index in [1.165, 1.54) is 29.4 Å². The number of halogens is 4. The predicted octanol–water partition coefficient (Wildman–Crippen LogP) is 4.23. The number of aromatic nitrogens is 2. The van der Waals surface area contributed by atoms with Crippen LogP contribution in [0.5, 0.6) is 0 Å². The maximum absolute atomic E-state index is 15.3. The zero-order valence-electron chi connectivity index (χ0n) is 16.0. The number of anilines is 1. The molecule has 0 radical (unpaired) electrons. The Bertz CT molecular complexity index is 1280. The fourth-order valence-corrected chi connectivity index (χ4v) is 4.43. The van der Waals surface area contributed by atoms with Crippen molar-refractivity contribution >= 4 is 45.7 Å². The molecule has 1 aromatic heterocycles. The molecule has 0 saturated carbocycles. The number of carbonyl (C=O) groups excluding carboxylic acids is 1. The van der Waals surface area contributed by atoms with Crippen molar-refractivity contribution < 1.29 is 13.6 Å². The van der Waals surface area contributed by atoms with E-state index < -0.39 is 22.7 Å². The van der Waals surface area contributed by atoms with Gasteiger partial charge in [0.15, 0.2) is 5.82 Å². The lowest BCUT2D eigenvalue weighted by molar-refractivity contribution is -0.125. The Kier molecular flexibility index (Phi) is 5.45. The molecule has 2 N–H and O–H groups in total. The number of hydrogen-bond donors (Lipinski definition) is 2. The second kappa shape index (κ2) is 7.94. The molecule has 2 heterocycles. The molecule has 3 aromatic rings. The van der Waals surface area contributed by atoms with Crippen LogP contribution >= 0.6 is 23.2 Å². The highest BCUT2D eigenvalue weighted by atomic mass is 35.5. The number of benzene rings is 2. The molecule has 0 aliphatic carbocycles. The van der Waals surface area contributed by atoms with Crippen LogP contribution in [-0.4, -0.2) is 33.9 Å². The topological polar surface area (TPSA) is 78.1 Å². The molecule has 1 aliphatic rings. The number of amides is 1. The van der Waals surface area contributed by atoms with Crippen LogP contribution in [0.25, 0.3) is 10.9 Å². The van der Waals surface area contributed by atoms with Crippen LogP contribution in [0.1, 0.15) is 12.0 Å². The van der Waals surface area contributed by atoms with Crippen molar-refractivity contribution in [3.05, 3.63) is 80.8 Å². The van der Waals surface area contributed by atoms with E-state index in [-0.39, 0.29) is 57.6 Å². The van der Waals surface area contributed by atoms with E-state index in [1.807, 2.05) is 0 Å². The number of likely N-dealkylation sites (tertiary alicyclic amines) is 1. The van der Waals surface area contributed by atoms with Crippen LogP contribution in [0.3, 0.4) is 0 Å². The molecule has 1 atom stereocenters. The average Bonchev–Trinajstić information content (AvgIpc) is 3.17. The Labute approximate surface area is 185 Å². The summed E-state index contributed by atoms with van der Waals surface area (Å²) in [6.45, 7) is 3.71. The molecule has 2 aromatic carbocycles. The second-order valence-electron chi connectivity index (χ2n) is 7.19. The quantitative estimate of drug-likeness (QED) is 0.447. The average molecular weight is 465 g/mol. The molecular formula is C21H16Cl2F2N4O2. The van der Waals surface area contributed by atoms with Crippen LogP contribution in [0.2, 0.25) is 10.0 Å². The maximum atomic E-state index is 15.3. The second-order valence-corrected chi connectivity index (χ2v) is 7.98. The van der Waals surface area contributed by atoms with Crippen molar-refractivity contribution in [1.29, 1.82) is 0 Å². The first kappa shape index (κ1) is 21.3. The van der Waals surface area contributed by atoms with Crippen molar-refractivity contribution in [3.8, 4) is 0 Å². The summed E-state index contributed by atoms with van der Waals surface area (Å²) < 4.78 is 30.3. The predicted molar refractivity (Wildman–Crippen MR) is 115 cm³/mol. The largest absolute Gasteiger partial charge is 0.371 e. The molecule has 4 rings (SSSR count). The minimum Gasteiger partial charge on any atom is -0.371 e. The van der Waals surface area contributed by atoms with Gasteiger partial charge in [-0.3, -0.25) is 9.59 Å². The number of nitrogens with zero attached hydrogens (tertiary/aromatic N) is 2. The van der Waals surface area contributed by atoms with Gasteiger partial charge in [-0.1, -0.05) is 29.8 Å². The molecular weight excluding hydrogens is 449 g/mol. The number of H-pyrrole nitrogens is 1. The van der Waals surface area contributed by atoms with E-state index in [0.29, 0.717) is 0 Å². The van der Waals surface area contributed by atoms with Gasteiger partial charge in [0.2, 0.25) is 5.91 Å². The fraction of sp³-hybridized carbons (Fsp3) is 0.190. The van der Waals surface area contributed by atoms with E-state index >= 15 is 4.39 Å². The van der Waals surface area contributed by atoms with E-state index in [0.717, 1.165) is 12.1 Å². The summed E-state index contributed by atoms with van der Waals surface area (Å²) in [4.78, 5) is 32.1. The highest BCUT2D eigenvalue weighted by Gasteiger charge is 2.45. The number of rotatable bonds is 4. The van der Waals surface area contributed by atoms with Gasteiger partial charge in [-0.2, -0.15) is 0 Å².